The van der Waals surface area contributed by atoms with E-state index >= 15 is 0 Å². The molecule has 0 spiro atoms. The van der Waals surface area contributed by atoms with E-state index in [1.165, 1.54) is 11.3 Å². The molecular weight excluding hydrogens is 336 g/mol. The van der Waals surface area contributed by atoms with Crippen LogP contribution in [-0.4, -0.2) is 9.97 Å². The number of aromatic nitrogens is 2. The molecule has 2 aromatic heterocycles. The topological polar surface area (TPSA) is 45.8 Å². The van der Waals surface area contributed by atoms with Gasteiger partial charge in [0, 0.05) is 16.8 Å². The minimum absolute atomic E-state index is 0.0624. The van der Waals surface area contributed by atoms with Gasteiger partial charge in [-0.3, -0.25) is 4.79 Å². The van der Waals surface area contributed by atoms with Gasteiger partial charge in [-0.2, -0.15) is 0 Å². The van der Waals surface area contributed by atoms with Crippen molar-refractivity contribution in [2.75, 3.05) is 0 Å². The molecule has 0 atom stereocenters. The first-order chi connectivity index (χ1) is 8.65. The molecular formula is C12H6BrClN2OS. The van der Waals surface area contributed by atoms with Crippen LogP contribution >= 0.6 is 38.9 Å². The van der Waals surface area contributed by atoms with Crippen molar-refractivity contribution in [1.82, 2.24) is 9.97 Å². The molecule has 0 radical (unpaired) electrons. The second kappa shape index (κ2) is 4.50. The molecule has 0 aliphatic rings. The molecule has 0 amide bonds. The Bertz CT molecular complexity index is 796. The number of aromatic amines is 1. The fraction of sp³-hybridized carbons (Fsp3) is 0. The molecule has 0 saturated heterocycles. The van der Waals surface area contributed by atoms with Crippen molar-refractivity contribution in [1.29, 1.82) is 0 Å². The number of fused-ring (bicyclic) bond motifs is 1. The van der Waals surface area contributed by atoms with Crippen LogP contribution < -0.4 is 5.43 Å². The number of hydrogen-bond donors (Lipinski definition) is 1. The summed E-state index contributed by atoms with van der Waals surface area (Å²) in [5.74, 6) is 0. The Hall–Kier alpha value is -1.17. The molecule has 0 unspecified atom stereocenters. The fourth-order valence-corrected chi connectivity index (χ4v) is 3.18. The highest BCUT2D eigenvalue weighted by atomic mass is 79.9. The molecule has 1 N–H and O–H groups in total. The molecule has 0 aliphatic heterocycles. The number of rotatable bonds is 1. The molecule has 1 aromatic carbocycles. The van der Waals surface area contributed by atoms with Gasteiger partial charge < -0.3 is 4.98 Å². The third-order valence-electron chi connectivity index (χ3n) is 2.52. The summed E-state index contributed by atoms with van der Waals surface area (Å²) < 4.78 is 0.752. The smallest absolute Gasteiger partial charge is 0.190 e. The van der Waals surface area contributed by atoms with Gasteiger partial charge >= 0.3 is 0 Å². The standard InChI is InChI=1S/C12H6BrClN2OS/c13-10-5-18-12(16-10)8-4-9(17)6-2-1-3-7(14)11(6)15-8/h1-5H,(H,15,17). The van der Waals surface area contributed by atoms with Crippen molar-refractivity contribution in [3.63, 3.8) is 0 Å². The second-order valence-corrected chi connectivity index (χ2v) is 5.76. The first-order valence-corrected chi connectivity index (χ1v) is 7.13. The molecule has 18 heavy (non-hydrogen) atoms. The predicted molar refractivity (Wildman–Crippen MR) is 78.4 cm³/mol. The van der Waals surface area contributed by atoms with Gasteiger partial charge in [0.05, 0.1) is 16.2 Å². The summed E-state index contributed by atoms with van der Waals surface area (Å²) in [6.45, 7) is 0. The number of halogens is 2. The van der Waals surface area contributed by atoms with E-state index < -0.39 is 0 Å². The van der Waals surface area contributed by atoms with Crippen LogP contribution in [0.25, 0.3) is 21.6 Å². The molecule has 0 fully saturated rings. The Balaban J connectivity index is 2.33. The summed E-state index contributed by atoms with van der Waals surface area (Å²) in [4.78, 5) is 19.5. The Morgan fingerprint density at radius 3 is 2.94 bits per heavy atom. The van der Waals surface area contributed by atoms with Gasteiger partial charge in [0.2, 0.25) is 0 Å². The lowest BCUT2D eigenvalue weighted by Gasteiger charge is -2.03. The van der Waals surface area contributed by atoms with E-state index in [1.807, 2.05) is 5.38 Å². The third-order valence-corrected chi connectivity index (χ3v) is 4.42. The number of nitrogens with one attached hydrogen (secondary N) is 1. The SMILES string of the molecule is O=c1cc(-c2nc(Br)cs2)[nH]c2c(Cl)cccc12. The lowest BCUT2D eigenvalue weighted by molar-refractivity contribution is 1.30. The van der Waals surface area contributed by atoms with Gasteiger partial charge in [0.25, 0.3) is 0 Å². The average Bonchev–Trinajstić information content (AvgIpc) is 2.77. The van der Waals surface area contributed by atoms with Crippen molar-refractivity contribution in [2.45, 2.75) is 0 Å². The minimum Gasteiger partial charge on any atom is -0.351 e. The zero-order chi connectivity index (χ0) is 12.7. The first kappa shape index (κ1) is 11.9. The highest BCUT2D eigenvalue weighted by Gasteiger charge is 2.09. The molecule has 3 rings (SSSR count). The van der Waals surface area contributed by atoms with Crippen LogP contribution in [0.2, 0.25) is 5.02 Å². The maximum Gasteiger partial charge on any atom is 0.190 e. The van der Waals surface area contributed by atoms with Crippen LogP contribution in [-0.2, 0) is 0 Å². The van der Waals surface area contributed by atoms with E-state index in [-0.39, 0.29) is 5.43 Å². The zero-order valence-electron chi connectivity index (χ0n) is 8.91. The number of H-pyrrole nitrogens is 1. The second-order valence-electron chi connectivity index (χ2n) is 3.69. The molecule has 6 heteroatoms. The van der Waals surface area contributed by atoms with Gasteiger partial charge in [-0.05, 0) is 28.1 Å². The Kier molecular flexibility index (Phi) is 2.97. The summed E-state index contributed by atoms with van der Waals surface area (Å²) in [7, 11) is 0. The molecule has 3 nitrogen and oxygen atoms in total. The maximum absolute atomic E-state index is 12.0. The quantitative estimate of drug-likeness (QED) is 0.725. The summed E-state index contributed by atoms with van der Waals surface area (Å²) in [5, 5.41) is 3.73. The summed E-state index contributed by atoms with van der Waals surface area (Å²) in [6, 6.07) is 6.81. The number of para-hydroxylation sites is 1. The Labute approximate surface area is 120 Å². The van der Waals surface area contributed by atoms with Gasteiger partial charge in [0.1, 0.15) is 9.61 Å². The van der Waals surface area contributed by atoms with E-state index in [4.69, 9.17) is 11.6 Å². The monoisotopic (exact) mass is 340 g/mol. The Morgan fingerprint density at radius 2 is 2.22 bits per heavy atom. The highest BCUT2D eigenvalue weighted by Crippen LogP contribution is 2.26. The zero-order valence-corrected chi connectivity index (χ0v) is 12.1. The van der Waals surface area contributed by atoms with E-state index in [0.29, 0.717) is 21.6 Å². The minimum atomic E-state index is -0.0624. The number of benzene rings is 1. The predicted octanol–water partition coefficient (Wildman–Crippen LogP) is 4.07. The highest BCUT2D eigenvalue weighted by molar-refractivity contribution is 9.10. The van der Waals surface area contributed by atoms with Crippen LogP contribution in [0.5, 0.6) is 0 Å². The molecule has 2 heterocycles. The molecule has 90 valence electrons. The third kappa shape index (κ3) is 1.98. The maximum atomic E-state index is 12.0. The lowest BCUT2D eigenvalue weighted by Crippen LogP contribution is -2.02. The molecule has 3 aromatic rings. The van der Waals surface area contributed by atoms with Gasteiger partial charge in [0.15, 0.2) is 5.43 Å². The number of pyridine rings is 1. The van der Waals surface area contributed by atoms with E-state index in [2.05, 4.69) is 25.9 Å². The van der Waals surface area contributed by atoms with Crippen molar-refractivity contribution < 1.29 is 0 Å². The molecule has 0 bridgehead atoms. The number of nitrogens with zero attached hydrogens (tertiary/aromatic N) is 1. The van der Waals surface area contributed by atoms with Crippen LogP contribution in [0, 0.1) is 0 Å². The van der Waals surface area contributed by atoms with E-state index in [1.54, 1.807) is 24.3 Å². The fourth-order valence-electron chi connectivity index (χ4n) is 1.73. The summed E-state index contributed by atoms with van der Waals surface area (Å²) >= 11 is 10.8. The van der Waals surface area contributed by atoms with Crippen molar-refractivity contribution in [3.8, 4) is 10.7 Å². The average molecular weight is 342 g/mol. The summed E-state index contributed by atoms with van der Waals surface area (Å²) in [5.41, 5.74) is 1.26. The molecule has 0 saturated carbocycles. The van der Waals surface area contributed by atoms with Crippen LogP contribution in [0.3, 0.4) is 0 Å². The van der Waals surface area contributed by atoms with Crippen LogP contribution in [0.1, 0.15) is 0 Å². The largest absolute Gasteiger partial charge is 0.351 e. The van der Waals surface area contributed by atoms with Crippen molar-refractivity contribution in [3.05, 3.63) is 49.5 Å². The van der Waals surface area contributed by atoms with Gasteiger partial charge in [-0.25, -0.2) is 4.98 Å². The molecule has 0 aliphatic carbocycles. The first-order valence-electron chi connectivity index (χ1n) is 5.08. The lowest BCUT2D eigenvalue weighted by atomic mass is 10.2. The normalized spacial score (nSPS) is 11.0. The number of thiazole rings is 1. The van der Waals surface area contributed by atoms with Crippen LogP contribution in [0.15, 0.2) is 39.0 Å². The van der Waals surface area contributed by atoms with Gasteiger partial charge in [-0.1, -0.05) is 17.7 Å². The van der Waals surface area contributed by atoms with Crippen molar-refractivity contribution in [2.24, 2.45) is 0 Å². The van der Waals surface area contributed by atoms with Crippen LogP contribution in [0.4, 0.5) is 0 Å². The van der Waals surface area contributed by atoms with E-state index in [9.17, 15) is 4.79 Å². The van der Waals surface area contributed by atoms with Gasteiger partial charge in [-0.15, -0.1) is 11.3 Å². The van der Waals surface area contributed by atoms with Crippen molar-refractivity contribution >= 4 is 49.8 Å². The number of hydrogen-bond acceptors (Lipinski definition) is 3. The summed E-state index contributed by atoms with van der Waals surface area (Å²) in [6.07, 6.45) is 0. The Morgan fingerprint density at radius 1 is 1.39 bits per heavy atom. The van der Waals surface area contributed by atoms with E-state index in [0.717, 1.165) is 9.61 Å².